The van der Waals surface area contributed by atoms with Gasteiger partial charge < -0.3 is 19.7 Å². The van der Waals surface area contributed by atoms with Crippen LogP contribution in [0, 0.1) is 6.92 Å². The second kappa shape index (κ2) is 13.2. The van der Waals surface area contributed by atoms with Gasteiger partial charge in [0.25, 0.3) is 0 Å². The van der Waals surface area contributed by atoms with Crippen LogP contribution in [0.5, 0.6) is 11.5 Å². The zero-order valence-corrected chi connectivity index (χ0v) is 22.7. The van der Waals surface area contributed by atoms with Crippen molar-refractivity contribution in [1.82, 2.24) is 10.2 Å². The van der Waals surface area contributed by atoms with Crippen LogP contribution < -0.4 is 19.1 Å². The monoisotopic (exact) mass is 519 g/mol. The molecule has 0 bridgehead atoms. The highest BCUT2D eigenvalue weighted by atomic mass is 32.2. The van der Waals surface area contributed by atoms with Crippen LogP contribution in [0.2, 0.25) is 0 Å². The van der Waals surface area contributed by atoms with Crippen molar-refractivity contribution in [2.75, 3.05) is 37.9 Å². The first-order valence-corrected chi connectivity index (χ1v) is 13.7. The van der Waals surface area contributed by atoms with Gasteiger partial charge in [0.05, 0.1) is 26.2 Å². The van der Waals surface area contributed by atoms with E-state index < -0.39 is 28.5 Å². The topological polar surface area (TPSA) is 105 Å². The van der Waals surface area contributed by atoms with Crippen LogP contribution in [0.25, 0.3) is 0 Å². The molecule has 0 aliphatic carbocycles. The van der Waals surface area contributed by atoms with Crippen LogP contribution in [0.3, 0.4) is 0 Å². The highest BCUT2D eigenvalue weighted by Crippen LogP contribution is 2.33. The van der Waals surface area contributed by atoms with Gasteiger partial charge in [0.15, 0.2) is 0 Å². The molecule has 1 atom stereocenters. The van der Waals surface area contributed by atoms with E-state index in [2.05, 4.69) is 5.32 Å². The number of benzene rings is 2. The summed E-state index contributed by atoms with van der Waals surface area (Å²) in [6, 6.07) is 11.6. The van der Waals surface area contributed by atoms with Crippen molar-refractivity contribution in [3.63, 3.8) is 0 Å². The lowest BCUT2D eigenvalue weighted by Crippen LogP contribution is -2.52. The SMILES string of the molecule is CCCNC(=O)C(CC)N(Cc1cccc(C)c1)C(=O)CN(c1ccc(OC)cc1OC)S(C)(=O)=O. The van der Waals surface area contributed by atoms with Crippen LogP contribution in [0.15, 0.2) is 42.5 Å². The Hall–Kier alpha value is -3.27. The normalized spacial score (nSPS) is 11.9. The summed E-state index contributed by atoms with van der Waals surface area (Å²) < 4.78 is 37.2. The number of sulfonamides is 1. The number of hydrogen-bond acceptors (Lipinski definition) is 6. The molecule has 0 heterocycles. The Labute approximate surface area is 214 Å². The maximum atomic E-state index is 13.7. The van der Waals surface area contributed by atoms with Gasteiger partial charge in [-0.2, -0.15) is 0 Å². The second-order valence-electron chi connectivity index (χ2n) is 8.53. The number of carbonyl (C=O) groups excluding carboxylic acids is 2. The quantitative estimate of drug-likeness (QED) is 0.436. The Balaban J connectivity index is 2.49. The lowest BCUT2D eigenvalue weighted by Gasteiger charge is -2.33. The standard InChI is InChI=1S/C26H37N3O6S/c1-7-14-27-26(31)22(8-2)28(17-20-11-9-10-19(3)15-20)25(30)18-29(36(6,32)33)23-13-12-21(34-4)16-24(23)35-5/h9-13,15-16,22H,7-8,14,17-18H2,1-6H3,(H,27,31). The maximum Gasteiger partial charge on any atom is 0.244 e. The fourth-order valence-electron chi connectivity index (χ4n) is 3.88. The maximum absolute atomic E-state index is 13.7. The molecule has 36 heavy (non-hydrogen) atoms. The van der Waals surface area contributed by atoms with Crippen LogP contribution in [0.1, 0.15) is 37.8 Å². The summed E-state index contributed by atoms with van der Waals surface area (Å²) in [5.41, 5.74) is 2.07. The molecular formula is C26H37N3O6S. The van der Waals surface area contributed by atoms with Gasteiger partial charge in [0.2, 0.25) is 21.8 Å². The van der Waals surface area contributed by atoms with Crippen molar-refractivity contribution in [2.24, 2.45) is 0 Å². The van der Waals surface area contributed by atoms with E-state index in [4.69, 9.17) is 9.47 Å². The minimum absolute atomic E-state index is 0.163. The van der Waals surface area contributed by atoms with Gasteiger partial charge in [-0.15, -0.1) is 0 Å². The molecule has 9 nitrogen and oxygen atoms in total. The fourth-order valence-corrected chi connectivity index (χ4v) is 4.73. The van der Waals surface area contributed by atoms with E-state index in [0.29, 0.717) is 18.7 Å². The molecule has 0 saturated carbocycles. The average molecular weight is 520 g/mol. The summed E-state index contributed by atoms with van der Waals surface area (Å²) in [5, 5.41) is 2.86. The third-order valence-electron chi connectivity index (χ3n) is 5.71. The second-order valence-corrected chi connectivity index (χ2v) is 10.4. The Morgan fingerprint density at radius 3 is 2.33 bits per heavy atom. The molecule has 198 valence electrons. The van der Waals surface area contributed by atoms with Gasteiger partial charge in [-0.1, -0.05) is 43.7 Å². The Bertz CT molecular complexity index is 1150. The van der Waals surface area contributed by atoms with Crippen molar-refractivity contribution in [1.29, 1.82) is 0 Å². The van der Waals surface area contributed by atoms with Crippen LogP contribution in [-0.2, 0) is 26.2 Å². The summed E-state index contributed by atoms with van der Waals surface area (Å²) in [6.45, 7) is 5.88. The average Bonchev–Trinajstić information content (AvgIpc) is 2.84. The minimum Gasteiger partial charge on any atom is -0.497 e. The predicted molar refractivity (Wildman–Crippen MR) is 141 cm³/mol. The molecule has 0 aliphatic heterocycles. The van der Waals surface area contributed by atoms with Gasteiger partial charge in [-0.05, 0) is 37.5 Å². The Morgan fingerprint density at radius 2 is 1.78 bits per heavy atom. The van der Waals surface area contributed by atoms with E-state index in [1.54, 1.807) is 12.1 Å². The summed E-state index contributed by atoms with van der Waals surface area (Å²) in [7, 11) is -0.978. The summed E-state index contributed by atoms with van der Waals surface area (Å²) in [5.74, 6) is -0.0489. The Kier molecular flexibility index (Phi) is 10.6. The molecule has 2 rings (SSSR count). The number of aryl methyl sites for hydroxylation is 1. The molecule has 2 amide bonds. The number of hydrogen-bond donors (Lipinski definition) is 1. The number of methoxy groups -OCH3 is 2. The van der Waals surface area contributed by atoms with Crippen molar-refractivity contribution in [3.05, 3.63) is 53.6 Å². The fraction of sp³-hybridized carbons (Fsp3) is 0.462. The van der Waals surface area contributed by atoms with E-state index in [-0.39, 0.29) is 23.9 Å². The van der Waals surface area contributed by atoms with Crippen molar-refractivity contribution in [3.8, 4) is 11.5 Å². The molecule has 10 heteroatoms. The van der Waals surface area contributed by atoms with Crippen molar-refractivity contribution in [2.45, 2.75) is 46.2 Å². The first-order valence-electron chi connectivity index (χ1n) is 11.9. The van der Waals surface area contributed by atoms with E-state index in [1.165, 1.54) is 25.2 Å². The number of anilines is 1. The van der Waals surface area contributed by atoms with Crippen LogP contribution >= 0.6 is 0 Å². The third-order valence-corrected chi connectivity index (χ3v) is 6.83. The third kappa shape index (κ3) is 7.61. The molecule has 0 spiro atoms. The Morgan fingerprint density at radius 1 is 1.06 bits per heavy atom. The molecule has 1 unspecified atom stereocenters. The number of amides is 2. The summed E-state index contributed by atoms with van der Waals surface area (Å²) >= 11 is 0. The van der Waals surface area contributed by atoms with Crippen molar-refractivity contribution < 1.29 is 27.5 Å². The molecule has 0 saturated heterocycles. The summed E-state index contributed by atoms with van der Waals surface area (Å²) in [4.78, 5) is 28.2. The number of nitrogens with one attached hydrogen (secondary N) is 1. The summed E-state index contributed by atoms with van der Waals surface area (Å²) in [6.07, 6.45) is 2.16. The van der Waals surface area contributed by atoms with Gasteiger partial charge in [-0.3, -0.25) is 13.9 Å². The highest BCUT2D eigenvalue weighted by molar-refractivity contribution is 7.92. The van der Waals surface area contributed by atoms with Crippen LogP contribution in [0.4, 0.5) is 5.69 Å². The van der Waals surface area contributed by atoms with Gasteiger partial charge in [0.1, 0.15) is 24.1 Å². The number of carbonyl (C=O) groups is 2. The van der Waals surface area contributed by atoms with E-state index in [9.17, 15) is 18.0 Å². The molecule has 0 radical (unpaired) electrons. The van der Waals surface area contributed by atoms with E-state index in [1.807, 2.05) is 45.0 Å². The van der Waals surface area contributed by atoms with E-state index >= 15 is 0 Å². The highest BCUT2D eigenvalue weighted by Gasteiger charge is 2.32. The lowest BCUT2D eigenvalue weighted by atomic mass is 10.1. The number of rotatable bonds is 13. The number of ether oxygens (including phenoxy) is 2. The first-order chi connectivity index (χ1) is 17.0. The zero-order chi connectivity index (χ0) is 26.9. The largest absolute Gasteiger partial charge is 0.497 e. The van der Waals surface area contributed by atoms with Gasteiger partial charge >= 0.3 is 0 Å². The zero-order valence-electron chi connectivity index (χ0n) is 21.9. The molecular weight excluding hydrogens is 482 g/mol. The van der Waals surface area contributed by atoms with Crippen molar-refractivity contribution >= 4 is 27.5 Å². The molecule has 2 aromatic rings. The molecule has 0 fully saturated rings. The van der Waals surface area contributed by atoms with E-state index in [0.717, 1.165) is 28.1 Å². The number of nitrogens with zero attached hydrogens (tertiary/aromatic N) is 2. The molecule has 2 aromatic carbocycles. The molecule has 0 aliphatic rings. The minimum atomic E-state index is -3.88. The lowest BCUT2D eigenvalue weighted by molar-refractivity contribution is -0.140. The predicted octanol–water partition coefficient (Wildman–Crippen LogP) is 3.11. The van der Waals surface area contributed by atoms with Gasteiger partial charge in [0, 0.05) is 19.2 Å². The molecule has 0 aromatic heterocycles. The molecule has 1 N–H and O–H groups in total. The van der Waals surface area contributed by atoms with Crippen LogP contribution in [-0.4, -0.2) is 64.7 Å². The smallest absolute Gasteiger partial charge is 0.244 e. The van der Waals surface area contributed by atoms with Gasteiger partial charge in [-0.25, -0.2) is 8.42 Å². The first kappa shape index (κ1) is 29.0.